The Morgan fingerprint density at radius 2 is 2.31 bits per heavy atom. The van der Waals surface area contributed by atoms with Gasteiger partial charge in [0.15, 0.2) is 11.6 Å². The van der Waals surface area contributed by atoms with Crippen LogP contribution >= 0.6 is 15.9 Å². The van der Waals surface area contributed by atoms with Crippen LogP contribution in [0.5, 0.6) is 5.75 Å². The van der Waals surface area contributed by atoms with Crippen LogP contribution in [0, 0.1) is 5.82 Å². The molecule has 16 heavy (non-hydrogen) atoms. The van der Waals surface area contributed by atoms with Crippen molar-refractivity contribution in [3.8, 4) is 5.75 Å². The first-order valence-corrected chi connectivity index (χ1v) is 5.50. The molecular formula is C11H10BrFN2O. The van der Waals surface area contributed by atoms with Crippen LogP contribution < -0.4 is 4.74 Å². The number of aromatic nitrogens is 2. The van der Waals surface area contributed by atoms with Crippen LogP contribution in [0.15, 0.2) is 35.1 Å². The molecule has 1 heterocycles. The third kappa shape index (κ3) is 2.41. The number of rotatable bonds is 3. The predicted octanol–water partition coefficient (Wildman–Crippen LogP) is 2.90. The molecule has 84 valence electrons. The number of hydrogen-bond donors (Lipinski definition) is 0. The van der Waals surface area contributed by atoms with Crippen LogP contribution in [0.1, 0.15) is 5.82 Å². The number of nitrogens with zero attached hydrogens (tertiary/aromatic N) is 2. The fourth-order valence-corrected chi connectivity index (χ4v) is 1.61. The molecule has 0 radical (unpaired) electrons. The minimum absolute atomic E-state index is 0.220. The lowest BCUT2D eigenvalue weighted by Gasteiger charge is -2.07. The highest BCUT2D eigenvalue weighted by atomic mass is 79.9. The fraction of sp³-hybridized carbons (Fsp3) is 0.182. The molecule has 0 bridgehead atoms. The summed E-state index contributed by atoms with van der Waals surface area (Å²) in [5.41, 5.74) is 0. The quantitative estimate of drug-likeness (QED) is 0.867. The van der Waals surface area contributed by atoms with Crippen molar-refractivity contribution in [2.45, 2.75) is 6.61 Å². The molecule has 1 aromatic heterocycles. The Morgan fingerprint density at radius 1 is 1.50 bits per heavy atom. The third-order valence-electron chi connectivity index (χ3n) is 2.17. The normalized spacial score (nSPS) is 10.4. The Kier molecular flexibility index (Phi) is 3.24. The molecule has 0 saturated heterocycles. The van der Waals surface area contributed by atoms with Crippen molar-refractivity contribution in [2.75, 3.05) is 0 Å². The number of ether oxygens (including phenoxy) is 1. The topological polar surface area (TPSA) is 27.1 Å². The zero-order chi connectivity index (χ0) is 11.5. The van der Waals surface area contributed by atoms with E-state index in [1.807, 2.05) is 17.8 Å². The number of aryl methyl sites for hydroxylation is 1. The summed E-state index contributed by atoms with van der Waals surface area (Å²) in [5.74, 6) is 0.592. The first kappa shape index (κ1) is 11.1. The van der Waals surface area contributed by atoms with Gasteiger partial charge in [0.1, 0.15) is 12.4 Å². The average Bonchev–Trinajstić information content (AvgIpc) is 2.66. The zero-order valence-electron chi connectivity index (χ0n) is 8.65. The predicted molar refractivity (Wildman–Crippen MR) is 61.6 cm³/mol. The van der Waals surface area contributed by atoms with E-state index >= 15 is 0 Å². The highest BCUT2D eigenvalue weighted by molar-refractivity contribution is 9.10. The van der Waals surface area contributed by atoms with Crippen molar-refractivity contribution >= 4 is 15.9 Å². The second-order valence-corrected chi connectivity index (χ2v) is 4.23. The van der Waals surface area contributed by atoms with Crippen LogP contribution in [0.2, 0.25) is 0 Å². The first-order valence-electron chi connectivity index (χ1n) is 4.71. The molecule has 0 fully saturated rings. The van der Waals surface area contributed by atoms with Gasteiger partial charge in [-0.3, -0.25) is 0 Å². The van der Waals surface area contributed by atoms with Crippen LogP contribution in [0.4, 0.5) is 4.39 Å². The molecule has 0 amide bonds. The van der Waals surface area contributed by atoms with E-state index in [9.17, 15) is 4.39 Å². The van der Waals surface area contributed by atoms with Crippen molar-refractivity contribution in [1.82, 2.24) is 9.55 Å². The first-order chi connectivity index (χ1) is 7.66. The van der Waals surface area contributed by atoms with Gasteiger partial charge in [0.05, 0.1) is 0 Å². The van der Waals surface area contributed by atoms with Gasteiger partial charge in [0.25, 0.3) is 0 Å². The summed E-state index contributed by atoms with van der Waals surface area (Å²) in [7, 11) is 1.86. The van der Waals surface area contributed by atoms with E-state index in [0.717, 1.165) is 10.3 Å². The van der Waals surface area contributed by atoms with Crippen LogP contribution in [0.25, 0.3) is 0 Å². The minimum Gasteiger partial charge on any atom is -0.483 e. The molecule has 0 unspecified atom stereocenters. The van der Waals surface area contributed by atoms with Gasteiger partial charge in [-0.2, -0.15) is 0 Å². The molecule has 2 rings (SSSR count). The number of halogens is 2. The molecule has 0 aliphatic rings. The molecule has 0 atom stereocenters. The van der Waals surface area contributed by atoms with E-state index in [1.54, 1.807) is 18.3 Å². The Labute approximate surface area is 101 Å². The molecule has 0 aliphatic heterocycles. The van der Waals surface area contributed by atoms with Gasteiger partial charge >= 0.3 is 0 Å². The lowest BCUT2D eigenvalue weighted by molar-refractivity contribution is 0.277. The van der Waals surface area contributed by atoms with E-state index in [4.69, 9.17) is 4.74 Å². The summed E-state index contributed by atoms with van der Waals surface area (Å²) >= 11 is 3.26. The average molecular weight is 285 g/mol. The van der Waals surface area contributed by atoms with Crippen LogP contribution in [-0.4, -0.2) is 9.55 Å². The maximum Gasteiger partial charge on any atom is 0.165 e. The maximum atomic E-state index is 13.3. The molecule has 1 aromatic carbocycles. The number of benzene rings is 1. The van der Waals surface area contributed by atoms with Gasteiger partial charge in [0, 0.05) is 23.9 Å². The van der Waals surface area contributed by atoms with Crippen LogP contribution in [0.3, 0.4) is 0 Å². The zero-order valence-corrected chi connectivity index (χ0v) is 10.2. The smallest absolute Gasteiger partial charge is 0.165 e. The van der Waals surface area contributed by atoms with Gasteiger partial charge < -0.3 is 9.30 Å². The molecule has 5 heteroatoms. The van der Waals surface area contributed by atoms with E-state index in [0.29, 0.717) is 0 Å². The van der Waals surface area contributed by atoms with Crippen molar-refractivity contribution in [2.24, 2.45) is 7.05 Å². The monoisotopic (exact) mass is 284 g/mol. The third-order valence-corrected chi connectivity index (χ3v) is 2.66. The lowest BCUT2D eigenvalue weighted by atomic mass is 10.3. The van der Waals surface area contributed by atoms with E-state index in [1.165, 1.54) is 6.07 Å². The molecule has 0 spiro atoms. The minimum atomic E-state index is -0.377. The molecule has 0 saturated carbocycles. The Bertz CT molecular complexity index is 498. The van der Waals surface area contributed by atoms with Gasteiger partial charge in [0.2, 0.25) is 0 Å². The molecule has 2 aromatic rings. The standard InChI is InChI=1S/C11H10BrFN2O/c1-15-5-4-14-11(15)7-16-10-6-8(12)2-3-9(10)13/h2-6H,7H2,1H3. The number of imidazole rings is 1. The highest BCUT2D eigenvalue weighted by Crippen LogP contribution is 2.22. The Morgan fingerprint density at radius 3 is 3.00 bits per heavy atom. The summed E-state index contributed by atoms with van der Waals surface area (Å²) in [6, 6.07) is 4.58. The van der Waals surface area contributed by atoms with E-state index in [-0.39, 0.29) is 18.2 Å². The Hall–Kier alpha value is -1.36. The summed E-state index contributed by atoms with van der Waals surface area (Å²) < 4.78 is 21.3. The van der Waals surface area contributed by atoms with E-state index < -0.39 is 0 Å². The van der Waals surface area contributed by atoms with Gasteiger partial charge in [-0.05, 0) is 18.2 Å². The summed E-state index contributed by atoms with van der Waals surface area (Å²) in [6.45, 7) is 0.247. The van der Waals surface area contributed by atoms with Gasteiger partial charge in [-0.1, -0.05) is 15.9 Å². The summed E-state index contributed by atoms with van der Waals surface area (Å²) in [5, 5.41) is 0. The SMILES string of the molecule is Cn1ccnc1COc1cc(Br)ccc1F. The summed E-state index contributed by atoms with van der Waals surface area (Å²) in [6.07, 6.45) is 3.49. The number of hydrogen-bond acceptors (Lipinski definition) is 2. The van der Waals surface area contributed by atoms with Gasteiger partial charge in [-0.25, -0.2) is 9.37 Å². The van der Waals surface area contributed by atoms with E-state index in [2.05, 4.69) is 20.9 Å². The van der Waals surface area contributed by atoms with Crippen molar-refractivity contribution in [1.29, 1.82) is 0 Å². The van der Waals surface area contributed by atoms with Crippen molar-refractivity contribution < 1.29 is 9.13 Å². The lowest BCUT2D eigenvalue weighted by Crippen LogP contribution is -2.03. The maximum absolute atomic E-state index is 13.3. The molecule has 0 aliphatic carbocycles. The fourth-order valence-electron chi connectivity index (χ4n) is 1.27. The van der Waals surface area contributed by atoms with Gasteiger partial charge in [-0.15, -0.1) is 0 Å². The highest BCUT2D eigenvalue weighted by Gasteiger charge is 2.06. The second kappa shape index (κ2) is 4.65. The second-order valence-electron chi connectivity index (χ2n) is 3.32. The molecule has 3 nitrogen and oxygen atoms in total. The van der Waals surface area contributed by atoms with Crippen molar-refractivity contribution in [3.63, 3.8) is 0 Å². The van der Waals surface area contributed by atoms with Crippen LogP contribution in [-0.2, 0) is 13.7 Å². The summed E-state index contributed by atoms with van der Waals surface area (Å²) in [4.78, 5) is 4.09. The van der Waals surface area contributed by atoms with Crippen molar-refractivity contribution in [3.05, 3.63) is 46.7 Å². The molecule has 0 N–H and O–H groups in total. The largest absolute Gasteiger partial charge is 0.483 e. The molecular weight excluding hydrogens is 275 g/mol. The Balaban J connectivity index is 2.10.